The lowest BCUT2D eigenvalue weighted by Crippen LogP contribution is -2.78. The smallest absolute Gasteiger partial charge is 0.392 e. The second-order valence-electron chi connectivity index (χ2n) is 23.0. The van der Waals surface area contributed by atoms with Gasteiger partial charge in [-0.25, -0.2) is 0 Å². The van der Waals surface area contributed by atoms with Gasteiger partial charge in [-0.2, -0.15) is 4.57 Å². The fourth-order valence-electron chi connectivity index (χ4n) is 11.3. The van der Waals surface area contributed by atoms with Gasteiger partial charge in [-0.05, 0) is 145 Å². The summed E-state index contributed by atoms with van der Waals surface area (Å²) in [6.07, 6.45) is 2.06. The van der Waals surface area contributed by atoms with Gasteiger partial charge < -0.3 is 4.74 Å². The highest BCUT2D eigenvalue weighted by Crippen LogP contribution is 2.56. The summed E-state index contributed by atoms with van der Waals surface area (Å²) >= 11 is 0. The first kappa shape index (κ1) is 38.7. The molecule has 0 fully saturated rings. The number of para-hydroxylation sites is 1. The van der Waals surface area contributed by atoms with Crippen molar-refractivity contribution in [3.8, 4) is 67.5 Å². The summed E-state index contributed by atoms with van der Waals surface area (Å²) in [6.45, 7) is 32.3. The molecule has 0 saturated heterocycles. The van der Waals surface area contributed by atoms with Gasteiger partial charge >= 0.3 is 11.7 Å². The predicted molar refractivity (Wildman–Crippen MR) is 282 cm³/mol. The zero-order valence-electron chi connectivity index (χ0n) is 47.7. The van der Waals surface area contributed by atoms with Gasteiger partial charge in [0.2, 0.25) is 5.69 Å². The Bertz CT molecular complexity index is 3680. The Morgan fingerprint density at radius 3 is 1.94 bits per heavy atom. The summed E-state index contributed by atoms with van der Waals surface area (Å²) < 4.78 is 61.8. The first-order chi connectivity index (χ1) is 34.2. The number of ether oxygens (including phenoxy) is 1. The quantitative estimate of drug-likeness (QED) is 0.146. The van der Waals surface area contributed by atoms with E-state index in [-0.39, 0.29) is 52.9 Å². The van der Waals surface area contributed by atoms with Crippen molar-refractivity contribution >= 4 is 11.0 Å². The summed E-state index contributed by atoms with van der Waals surface area (Å²) in [5.74, 6) is 0.445. The Morgan fingerprint density at radius 1 is 0.618 bits per heavy atom. The van der Waals surface area contributed by atoms with Gasteiger partial charge in [-0.1, -0.05) is 158 Å². The van der Waals surface area contributed by atoms with Crippen LogP contribution >= 0.6 is 0 Å². The maximum Gasteiger partial charge on any atom is 0.499 e. The first-order valence-corrected chi connectivity index (χ1v) is 24.8. The molecule has 5 heterocycles. The van der Waals surface area contributed by atoms with Crippen LogP contribution in [0.3, 0.4) is 0 Å². The number of hydrogen-bond donors (Lipinski definition) is 0. The van der Waals surface area contributed by atoms with E-state index in [1.54, 1.807) is 0 Å². The van der Waals surface area contributed by atoms with Crippen molar-refractivity contribution in [3.63, 3.8) is 0 Å². The molecule has 68 heavy (non-hydrogen) atoms. The normalized spacial score (nSPS) is 16.9. The molecule has 6 aromatic carbocycles. The minimum absolute atomic E-state index is 0.00884. The second-order valence-corrected chi connectivity index (χ2v) is 23.0. The van der Waals surface area contributed by atoms with E-state index in [1.807, 2.05) is 40.7 Å². The summed E-state index contributed by atoms with van der Waals surface area (Å²) in [5, 5.41) is 0. The lowest BCUT2D eigenvalue weighted by Gasteiger charge is -2.34. The van der Waals surface area contributed by atoms with Crippen molar-refractivity contribution in [3.05, 3.63) is 166 Å². The van der Waals surface area contributed by atoms with Crippen LogP contribution in [-0.2, 0) is 16.7 Å². The largest absolute Gasteiger partial charge is 0.499 e. The van der Waals surface area contributed by atoms with E-state index in [0.717, 1.165) is 89.6 Å². The molecular weight excluding hydrogens is 827 g/mol. The van der Waals surface area contributed by atoms with Crippen LogP contribution in [0, 0.1) is 6.92 Å². The van der Waals surface area contributed by atoms with Gasteiger partial charge in [0.25, 0.3) is 0 Å². The number of pyridine rings is 1. The molecule has 8 aromatic rings. The van der Waals surface area contributed by atoms with Crippen LogP contribution < -0.4 is 13.9 Å². The van der Waals surface area contributed by atoms with E-state index in [2.05, 4.69) is 174 Å². The monoisotopic (exact) mass is 901 g/mol. The molecule has 0 bridgehead atoms. The minimum Gasteiger partial charge on any atom is -0.392 e. The molecule has 1 atom stereocenters. The lowest BCUT2D eigenvalue weighted by atomic mass is 9.80. The van der Waals surface area contributed by atoms with Crippen LogP contribution in [0.25, 0.3) is 72.7 Å². The summed E-state index contributed by atoms with van der Waals surface area (Å²) in [6, 6.07) is 33.3. The van der Waals surface area contributed by atoms with E-state index in [0.29, 0.717) is 11.1 Å². The van der Waals surface area contributed by atoms with Crippen molar-refractivity contribution in [2.24, 2.45) is 0 Å². The Balaban J connectivity index is 1.28. The average Bonchev–Trinajstić information content (AvgIpc) is 3.80. The fourth-order valence-corrected chi connectivity index (χ4v) is 11.3. The van der Waals surface area contributed by atoms with Gasteiger partial charge in [-0.15, -0.1) is 9.13 Å². The maximum absolute atomic E-state index is 9.43. The molecule has 344 valence electrons. The lowest BCUT2D eigenvalue weighted by molar-refractivity contribution is -0.997. The van der Waals surface area contributed by atoms with Crippen LogP contribution in [0.5, 0.6) is 5.75 Å². The highest BCUT2D eigenvalue weighted by molar-refractivity contribution is 5.98. The molecule has 11 rings (SSSR count). The number of benzene rings is 6. The van der Waals surface area contributed by atoms with Crippen molar-refractivity contribution in [2.45, 2.75) is 144 Å². The second kappa shape index (κ2) is 15.1. The molecule has 3 aliphatic rings. The number of rotatable bonds is 7. The molecule has 0 aliphatic carbocycles. The van der Waals surface area contributed by atoms with Gasteiger partial charge in [0.15, 0.2) is 23.0 Å². The van der Waals surface area contributed by atoms with Gasteiger partial charge in [0.05, 0.1) is 11.0 Å². The first-order valence-electron chi connectivity index (χ1n) is 27.3. The van der Waals surface area contributed by atoms with Crippen molar-refractivity contribution in [1.29, 1.82) is 0 Å². The Hall–Kier alpha value is -6.26. The van der Waals surface area contributed by atoms with Crippen molar-refractivity contribution in [2.75, 3.05) is 0 Å². The number of imidazole rings is 1. The van der Waals surface area contributed by atoms with Crippen LogP contribution in [0.4, 0.5) is 0 Å². The highest BCUT2D eigenvalue weighted by Gasteiger charge is 2.69. The van der Waals surface area contributed by atoms with Crippen LogP contribution in [0.15, 0.2) is 121 Å². The zero-order valence-corrected chi connectivity index (χ0v) is 42.7. The SMILES string of the molecule is [2H]c1c([2H])c(C(C)(C)C)c([2H])c([2H])c1-c1cc[n+]2c(c1)-c1cc(C(C)(C)C)cc3c1C21Oc2c(cc(C(C)C)cc2C(C)C)-c2n(-c4ccc(-c5c(C(C)C)cccc5C([2H])(C)C)cc4C)c4cccc-3c4[n+]21. The molecule has 3 aliphatic heterocycles. The average molecular weight is 901 g/mol. The van der Waals surface area contributed by atoms with E-state index in [9.17, 15) is 6.85 Å². The van der Waals surface area contributed by atoms with E-state index in [1.165, 1.54) is 16.7 Å². The van der Waals surface area contributed by atoms with Crippen LogP contribution in [0.2, 0.25) is 0 Å². The van der Waals surface area contributed by atoms with Gasteiger partial charge in [0.1, 0.15) is 16.8 Å². The molecule has 0 saturated carbocycles. The molecule has 1 unspecified atom stereocenters. The van der Waals surface area contributed by atoms with Gasteiger partial charge in [0, 0.05) is 24.6 Å². The predicted octanol–water partition coefficient (Wildman–Crippen LogP) is 16.2. The number of hydrogen-bond acceptors (Lipinski definition) is 1. The third-order valence-electron chi connectivity index (χ3n) is 14.9. The molecule has 4 nitrogen and oxygen atoms in total. The Labute approximate surface area is 412 Å². The summed E-state index contributed by atoms with van der Waals surface area (Å²) in [4.78, 5) is 0. The highest BCUT2D eigenvalue weighted by atomic mass is 16.5. The summed E-state index contributed by atoms with van der Waals surface area (Å²) in [5.41, 5.74) is 18.9. The number of fused-ring (bicyclic) bond motifs is 5. The summed E-state index contributed by atoms with van der Waals surface area (Å²) in [7, 11) is 0. The van der Waals surface area contributed by atoms with E-state index < -0.39 is 17.2 Å². The van der Waals surface area contributed by atoms with Crippen molar-refractivity contribution in [1.82, 2.24) is 4.57 Å². The molecular formula is C64H69N3O+2. The van der Waals surface area contributed by atoms with Gasteiger partial charge in [-0.3, -0.25) is 0 Å². The topological polar surface area (TPSA) is 21.9 Å². The molecule has 4 heteroatoms. The van der Waals surface area contributed by atoms with Crippen molar-refractivity contribution < 1.29 is 20.7 Å². The molecule has 0 N–H and O–H groups in total. The van der Waals surface area contributed by atoms with E-state index in [4.69, 9.17) is 4.74 Å². The Morgan fingerprint density at radius 2 is 1.29 bits per heavy atom. The third kappa shape index (κ3) is 6.31. The van der Waals surface area contributed by atoms with E-state index >= 15 is 0 Å². The number of nitrogens with zero attached hydrogens (tertiary/aromatic N) is 3. The molecule has 0 radical (unpaired) electrons. The van der Waals surface area contributed by atoms with Crippen LogP contribution in [-0.4, -0.2) is 4.57 Å². The third-order valence-corrected chi connectivity index (χ3v) is 14.9. The Kier molecular flexibility index (Phi) is 8.60. The standard InChI is InChI=1S/C64H69N3O/c1-36(2)44-31-50(39(7)8)60-53(32-44)61-66(54-27-24-43(30-40(54)9)57-47(37(3)4)18-16-19-48(57)38(5)6)55-21-17-20-49-51-34-46(63(13,14)15)35-52-56-33-42(41-22-25-45(26-23-41)62(10,11)12)28-29-65(56)64(68-60,58(51)52)67(61)59(49)55/h16-39H,1-15H3/q+2/i22D,23D,25D,26D,37D. The zero-order chi connectivity index (χ0) is 52.5. The maximum atomic E-state index is 9.43. The molecule has 0 amide bonds. The number of aromatic nitrogens is 3. The van der Waals surface area contributed by atoms with Crippen LogP contribution in [0.1, 0.15) is 172 Å². The number of aryl methyl sites for hydroxylation is 1. The molecule has 2 aromatic heterocycles. The molecule has 1 spiro atoms. The fraction of sp³-hybridized carbons (Fsp3) is 0.344. The minimum atomic E-state index is -1.25.